The van der Waals surface area contributed by atoms with Crippen LogP contribution >= 0.6 is 0 Å². The first-order valence-corrected chi connectivity index (χ1v) is 5.62. The Labute approximate surface area is 95.3 Å². The molecule has 92 valence electrons. The lowest BCUT2D eigenvalue weighted by atomic mass is 9.89. The monoisotopic (exact) mass is 229 g/mol. The molecular formula is C11H19NO4. The summed E-state index contributed by atoms with van der Waals surface area (Å²) >= 11 is 0. The van der Waals surface area contributed by atoms with Crippen LogP contribution in [0.4, 0.5) is 4.79 Å². The fourth-order valence-corrected chi connectivity index (χ4v) is 2.09. The SMILES string of the molecule is CC(C)(C)OC(=O)N1CC2(C1)OCCC2O. The van der Waals surface area contributed by atoms with Gasteiger partial charge in [0.15, 0.2) is 0 Å². The molecular weight excluding hydrogens is 210 g/mol. The molecule has 5 nitrogen and oxygen atoms in total. The summed E-state index contributed by atoms with van der Waals surface area (Å²) in [7, 11) is 0. The van der Waals surface area contributed by atoms with E-state index in [1.165, 1.54) is 0 Å². The maximum Gasteiger partial charge on any atom is 0.410 e. The number of nitrogens with zero attached hydrogens (tertiary/aromatic N) is 1. The molecule has 5 heteroatoms. The molecule has 0 aromatic carbocycles. The number of aliphatic hydroxyl groups excluding tert-OH is 1. The molecule has 2 fully saturated rings. The highest BCUT2D eigenvalue weighted by molar-refractivity contribution is 5.69. The number of hydrogen-bond acceptors (Lipinski definition) is 4. The molecule has 2 rings (SSSR count). The zero-order valence-corrected chi connectivity index (χ0v) is 10.0. The van der Waals surface area contributed by atoms with Crippen LogP contribution in [0.25, 0.3) is 0 Å². The minimum atomic E-state index is -0.517. The van der Waals surface area contributed by atoms with E-state index >= 15 is 0 Å². The Kier molecular flexibility index (Phi) is 2.62. The summed E-state index contributed by atoms with van der Waals surface area (Å²) in [6, 6.07) is 0. The van der Waals surface area contributed by atoms with Crippen molar-refractivity contribution in [1.82, 2.24) is 4.90 Å². The van der Waals surface area contributed by atoms with Gasteiger partial charge in [0.05, 0.1) is 25.8 Å². The zero-order chi connectivity index (χ0) is 12.0. The molecule has 1 amide bonds. The van der Waals surface area contributed by atoms with Crippen LogP contribution in [-0.2, 0) is 9.47 Å². The van der Waals surface area contributed by atoms with E-state index in [1.807, 2.05) is 20.8 Å². The van der Waals surface area contributed by atoms with Crippen molar-refractivity contribution in [3.05, 3.63) is 0 Å². The van der Waals surface area contributed by atoms with Gasteiger partial charge in [-0.1, -0.05) is 0 Å². The molecule has 16 heavy (non-hydrogen) atoms. The van der Waals surface area contributed by atoms with Crippen LogP contribution in [0.1, 0.15) is 27.2 Å². The zero-order valence-electron chi connectivity index (χ0n) is 10.0. The number of hydrogen-bond donors (Lipinski definition) is 1. The van der Waals surface area contributed by atoms with E-state index in [0.29, 0.717) is 26.1 Å². The third-order valence-corrected chi connectivity index (χ3v) is 2.96. The predicted octanol–water partition coefficient (Wildman–Crippen LogP) is 0.757. The molecule has 2 aliphatic heterocycles. The lowest BCUT2D eigenvalue weighted by molar-refractivity contribution is -0.147. The number of carbonyl (C=O) groups is 1. The Morgan fingerprint density at radius 1 is 1.50 bits per heavy atom. The van der Waals surface area contributed by atoms with Crippen molar-refractivity contribution >= 4 is 6.09 Å². The second-order valence-electron chi connectivity index (χ2n) is 5.55. The van der Waals surface area contributed by atoms with Gasteiger partial charge in [0.1, 0.15) is 11.2 Å². The van der Waals surface area contributed by atoms with Gasteiger partial charge in [0.2, 0.25) is 0 Å². The van der Waals surface area contributed by atoms with Gasteiger partial charge in [-0.15, -0.1) is 0 Å². The minimum Gasteiger partial charge on any atom is -0.444 e. The Hall–Kier alpha value is -0.810. The van der Waals surface area contributed by atoms with Crippen molar-refractivity contribution in [1.29, 1.82) is 0 Å². The molecule has 1 atom stereocenters. The smallest absolute Gasteiger partial charge is 0.410 e. The van der Waals surface area contributed by atoms with Crippen molar-refractivity contribution in [2.45, 2.75) is 44.5 Å². The standard InChI is InChI=1S/C11H19NO4/c1-10(2,3)16-9(14)12-6-11(7-12)8(13)4-5-15-11/h8,13H,4-7H2,1-3H3. The van der Waals surface area contributed by atoms with Crippen LogP contribution in [0.2, 0.25) is 0 Å². The summed E-state index contributed by atoms with van der Waals surface area (Å²) < 4.78 is 10.7. The number of likely N-dealkylation sites (tertiary alicyclic amines) is 1. The highest BCUT2D eigenvalue weighted by Gasteiger charge is 2.55. The van der Waals surface area contributed by atoms with E-state index in [4.69, 9.17) is 9.47 Å². The fraction of sp³-hybridized carbons (Fsp3) is 0.909. The summed E-state index contributed by atoms with van der Waals surface area (Å²) in [5.41, 5.74) is -0.994. The molecule has 2 aliphatic rings. The van der Waals surface area contributed by atoms with Gasteiger partial charge in [-0.05, 0) is 27.2 Å². The highest BCUT2D eigenvalue weighted by Crippen LogP contribution is 2.35. The minimum absolute atomic E-state index is 0.333. The molecule has 0 aromatic heterocycles. The largest absolute Gasteiger partial charge is 0.444 e. The first kappa shape index (κ1) is 11.7. The van der Waals surface area contributed by atoms with Gasteiger partial charge >= 0.3 is 6.09 Å². The Morgan fingerprint density at radius 2 is 2.12 bits per heavy atom. The summed E-state index contributed by atoms with van der Waals surface area (Å²) in [5, 5.41) is 9.73. The van der Waals surface area contributed by atoms with Crippen LogP contribution in [-0.4, -0.2) is 53.1 Å². The second-order valence-corrected chi connectivity index (χ2v) is 5.55. The molecule has 2 saturated heterocycles. The number of ether oxygens (including phenoxy) is 2. The predicted molar refractivity (Wildman–Crippen MR) is 57.1 cm³/mol. The van der Waals surface area contributed by atoms with Crippen molar-refractivity contribution in [2.24, 2.45) is 0 Å². The summed E-state index contributed by atoms with van der Waals surface area (Å²) in [6.45, 7) is 6.94. The molecule has 1 spiro atoms. The van der Waals surface area contributed by atoms with Crippen LogP contribution in [0, 0.1) is 0 Å². The van der Waals surface area contributed by atoms with Crippen molar-refractivity contribution in [3.63, 3.8) is 0 Å². The van der Waals surface area contributed by atoms with Gasteiger partial charge in [-0.2, -0.15) is 0 Å². The van der Waals surface area contributed by atoms with Crippen molar-refractivity contribution in [2.75, 3.05) is 19.7 Å². The molecule has 0 aliphatic carbocycles. The van der Waals surface area contributed by atoms with Gasteiger partial charge in [-0.3, -0.25) is 0 Å². The first-order valence-electron chi connectivity index (χ1n) is 5.62. The third kappa shape index (κ3) is 2.01. The number of rotatable bonds is 0. The Bertz CT molecular complexity index is 291. The number of aliphatic hydroxyl groups is 1. The fourth-order valence-electron chi connectivity index (χ4n) is 2.09. The van der Waals surface area contributed by atoms with E-state index < -0.39 is 17.3 Å². The van der Waals surface area contributed by atoms with Crippen LogP contribution in [0.5, 0.6) is 0 Å². The summed E-state index contributed by atoms with van der Waals surface area (Å²) in [6.07, 6.45) is -0.130. The molecule has 0 radical (unpaired) electrons. The molecule has 1 N–H and O–H groups in total. The van der Waals surface area contributed by atoms with E-state index in [2.05, 4.69) is 0 Å². The van der Waals surface area contributed by atoms with Crippen LogP contribution in [0.3, 0.4) is 0 Å². The van der Waals surface area contributed by atoms with Crippen molar-refractivity contribution < 1.29 is 19.4 Å². The topological polar surface area (TPSA) is 59.0 Å². The molecule has 0 aromatic rings. The van der Waals surface area contributed by atoms with Crippen LogP contribution in [0.15, 0.2) is 0 Å². The first-order chi connectivity index (χ1) is 7.32. The third-order valence-electron chi connectivity index (χ3n) is 2.96. The van der Waals surface area contributed by atoms with Crippen molar-refractivity contribution in [3.8, 4) is 0 Å². The lowest BCUT2D eigenvalue weighted by Crippen LogP contribution is -2.68. The second kappa shape index (κ2) is 3.60. The number of amides is 1. The Morgan fingerprint density at radius 3 is 2.56 bits per heavy atom. The number of carbonyl (C=O) groups excluding carboxylic acids is 1. The van der Waals surface area contributed by atoms with Gasteiger partial charge in [0, 0.05) is 0 Å². The van der Waals surface area contributed by atoms with Gasteiger partial charge in [-0.25, -0.2) is 4.79 Å². The van der Waals surface area contributed by atoms with E-state index in [-0.39, 0.29) is 6.09 Å². The molecule has 1 unspecified atom stereocenters. The maximum absolute atomic E-state index is 11.7. The maximum atomic E-state index is 11.7. The normalized spacial score (nSPS) is 28.0. The van der Waals surface area contributed by atoms with E-state index in [1.54, 1.807) is 4.90 Å². The average molecular weight is 229 g/mol. The highest BCUT2D eigenvalue weighted by atomic mass is 16.6. The molecule has 2 heterocycles. The molecule has 0 bridgehead atoms. The van der Waals surface area contributed by atoms with E-state index in [9.17, 15) is 9.90 Å². The lowest BCUT2D eigenvalue weighted by Gasteiger charge is -2.48. The Balaban J connectivity index is 1.86. The van der Waals surface area contributed by atoms with Gasteiger partial charge in [0.25, 0.3) is 0 Å². The van der Waals surface area contributed by atoms with E-state index in [0.717, 1.165) is 0 Å². The quantitative estimate of drug-likeness (QED) is 0.666. The summed E-state index contributed by atoms with van der Waals surface area (Å²) in [4.78, 5) is 13.2. The molecule has 0 saturated carbocycles. The van der Waals surface area contributed by atoms with Crippen LogP contribution < -0.4 is 0 Å². The average Bonchev–Trinajstić information content (AvgIpc) is 2.40. The summed E-state index contributed by atoms with van der Waals surface area (Å²) in [5.74, 6) is 0. The van der Waals surface area contributed by atoms with Gasteiger partial charge < -0.3 is 19.5 Å².